The molecule has 2 saturated heterocycles. The van der Waals surface area contributed by atoms with Gasteiger partial charge in [-0.05, 0) is 50.3 Å². The van der Waals surface area contributed by atoms with Crippen LogP contribution in [0.2, 0.25) is 0 Å². The largest absolute Gasteiger partial charge is 0.484 e. The van der Waals surface area contributed by atoms with Crippen molar-refractivity contribution in [3.63, 3.8) is 0 Å². The third kappa shape index (κ3) is 5.44. The van der Waals surface area contributed by atoms with E-state index in [0.29, 0.717) is 6.04 Å². The number of amides is 1. The van der Waals surface area contributed by atoms with Crippen LogP contribution in [0.1, 0.15) is 31.2 Å². The van der Waals surface area contributed by atoms with Crippen molar-refractivity contribution >= 4 is 5.91 Å². The van der Waals surface area contributed by atoms with Crippen LogP contribution in [-0.4, -0.2) is 67.7 Å². The van der Waals surface area contributed by atoms with Crippen LogP contribution in [0.3, 0.4) is 0 Å². The van der Waals surface area contributed by atoms with Gasteiger partial charge < -0.3 is 14.4 Å². The summed E-state index contributed by atoms with van der Waals surface area (Å²) in [7, 11) is 0. The van der Waals surface area contributed by atoms with Crippen molar-refractivity contribution in [2.45, 2.75) is 38.6 Å². The average molecular weight is 346 g/mol. The molecule has 1 aromatic rings. The summed E-state index contributed by atoms with van der Waals surface area (Å²) in [6, 6.07) is 8.22. The molecule has 1 aromatic carbocycles. The smallest absolute Gasteiger partial charge is 0.260 e. The predicted octanol–water partition coefficient (Wildman–Crippen LogP) is 2.48. The van der Waals surface area contributed by atoms with Crippen LogP contribution in [0, 0.1) is 6.92 Å². The molecule has 3 rings (SSSR count). The highest BCUT2D eigenvalue weighted by Crippen LogP contribution is 2.21. The first-order valence-electron chi connectivity index (χ1n) is 9.51. The van der Waals surface area contributed by atoms with Gasteiger partial charge in [-0.2, -0.15) is 0 Å². The zero-order valence-corrected chi connectivity index (χ0v) is 15.3. The molecule has 2 heterocycles. The Hall–Kier alpha value is -1.59. The first-order chi connectivity index (χ1) is 12.2. The van der Waals surface area contributed by atoms with Crippen LogP contribution in [0.5, 0.6) is 5.75 Å². The Labute approximate surface area is 150 Å². The lowest BCUT2D eigenvalue weighted by molar-refractivity contribution is -0.137. The summed E-state index contributed by atoms with van der Waals surface area (Å²) in [5.74, 6) is 0.892. The van der Waals surface area contributed by atoms with E-state index in [1.54, 1.807) is 0 Å². The number of nitrogens with zero attached hydrogens (tertiary/aromatic N) is 2. The Balaban J connectivity index is 1.49. The first-order valence-corrected chi connectivity index (χ1v) is 9.51. The standard InChI is InChI=1S/C20H30N2O3/c1-17-5-4-7-19(15-17)25-16-20(23)22-9-3-2-6-18(22)8-10-21-11-13-24-14-12-21/h4-5,7,15,18H,2-3,6,8-14,16H2,1H3/t18-/m0/s1. The minimum absolute atomic E-state index is 0.119. The van der Waals surface area contributed by atoms with E-state index in [-0.39, 0.29) is 12.5 Å². The van der Waals surface area contributed by atoms with Crippen molar-refractivity contribution < 1.29 is 14.3 Å². The molecule has 0 aromatic heterocycles. The molecular formula is C20H30N2O3. The van der Waals surface area contributed by atoms with E-state index < -0.39 is 0 Å². The number of rotatable bonds is 6. The summed E-state index contributed by atoms with van der Waals surface area (Å²) in [6.45, 7) is 7.77. The van der Waals surface area contributed by atoms with Crippen LogP contribution < -0.4 is 4.74 Å². The quantitative estimate of drug-likeness (QED) is 0.794. The number of aryl methyl sites for hydroxylation is 1. The molecule has 0 spiro atoms. The van der Waals surface area contributed by atoms with Crippen LogP contribution in [0.15, 0.2) is 24.3 Å². The number of likely N-dealkylation sites (tertiary alicyclic amines) is 1. The minimum Gasteiger partial charge on any atom is -0.484 e. The van der Waals surface area contributed by atoms with Gasteiger partial charge in [0.15, 0.2) is 6.61 Å². The third-order valence-corrected chi connectivity index (χ3v) is 5.18. The fourth-order valence-corrected chi connectivity index (χ4v) is 3.72. The van der Waals surface area contributed by atoms with Crippen LogP contribution >= 0.6 is 0 Å². The Morgan fingerprint density at radius 2 is 2.08 bits per heavy atom. The lowest BCUT2D eigenvalue weighted by Crippen LogP contribution is -2.47. The van der Waals surface area contributed by atoms with Gasteiger partial charge in [-0.25, -0.2) is 0 Å². The highest BCUT2D eigenvalue weighted by atomic mass is 16.5. The van der Waals surface area contributed by atoms with Crippen LogP contribution in [0.25, 0.3) is 0 Å². The van der Waals surface area contributed by atoms with Gasteiger partial charge in [0.05, 0.1) is 13.2 Å². The van der Waals surface area contributed by atoms with Crippen molar-refractivity contribution in [2.75, 3.05) is 46.0 Å². The predicted molar refractivity (Wildman–Crippen MR) is 97.9 cm³/mol. The lowest BCUT2D eigenvalue weighted by Gasteiger charge is -2.37. The zero-order chi connectivity index (χ0) is 17.5. The highest BCUT2D eigenvalue weighted by Gasteiger charge is 2.27. The van der Waals surface area contributed by atoms with E-state index in [9.17, 15) is 4.79 Å². The number of benzene rings is 1. The summed E-state index contributed by atoms with van der Waals surface area (Å²) in [4.78, 5) is 17.2. The zero-order valence-electron chi connectivity index (χ0n) is 15.3. The van der Waals surface area contributed by atoms with E-state index in [1.807, 2.05) is 31.2 Å². The molecule has 138 valence electrons. The van der Waals surface area contributed by atoms with E-state index >= 15 is 0 Å². The topological polar surface area (TPSA) is 42.0 Å². The Morgan fingerprint density at radius 1 is 1.24 bits per heavy atom. The second-order valence-electron chi connectivity index (χ2n) is 7.08. The molecule has 2 aliphatic heterocycles. The van der Waals surface area contributed by atoms with Crippen molar-refractivity contribution in [1.29, 1.82) is 0 Å². The Morgan fingerprint density at radius 3 is 2.88 bits per heavy atom. The molecule has 0 saturated carbocycles. The molecule has 2 fully saturated rings. The third-order valence-electron chi connectivity index (χ3n) is 5.18. The SMILES string of the molecule is Cc1cccc(OCC(=O)N2CCCC[C@H]2CCN2CCOCC2)c1. The second kappa shape index (κ2) is 9.20. The van der Waals surface area contributed by atoms with Crippen molar-refractivity contribution in [3.8, 4) is 5.75 Å². The molecule has 1 atom stereocenters. The van der Waals surface area contributed by atoms with Crippen LogP contribution in [-0.2, 0) is 9.53 Å². The number of hydrogen-bond acceptors (Lipinski definition) is 4. The van der Waals surface area contributed by atoms with Gasteiger partial charge in [0.1, 0.15) is 5.75 Å². The van der Waals surface area contributed by atoms with E-state index in [0.717, 1.165) is 70.0 Å². The number of ether oxygens (including phenoxy) is 2. The maximum absolute atomic E-state index is 12.7. The summed E-state index contributed by atoms with van der Waals surface area (Å²) in [6.07, 6.45) is 4.48. The molecule has 2 aliphatic rings. The minimum atomic E-state index is 0.119. The first kappa shape index (κ1) is 18.2. The Bertz CT molecular complexity index is 558. The molecule has 25 heavy (non-hydrogen) atoms. The number of morpholine rings is 1. The van der Waals surface area contributed by atoms with Crippen molar-refractivity contribution in [1.82, 2.24) is 9.80 Å². The van der Waals surface area contributed by atoms with Gasteiger partial charge in [-0.3, -0.25) is 9.69 Å². The molecule has 5 nitrogen and oxygen atoms in total. The molecule has 5 heteroatoms. The number of hydrogen-bond donors (Lipinski definition) is 0. The molecule has 0 N–H and O–H groups in total. The normalized spacial score (nSPS) is 22.0. The molecule has 0 unspecified atom stereocenters. The lowest BCUT2D eigenvalue weighted by atomic mass is 9.99. The van der Waals surface area contributed by atoms with Gasteiger partial charge >= 0.3 is 0 Å². The van der Waals surface area contributed by atoms with E-state index in [1.165, 1.54) is 6.42 Å². The summed E-state index contributed by atoms with van der Waals surface area (Å²) < 4.78 is 11.1. The molecule has 0 radical (unpaired) electrons. The summed E-state index contributed by atoms with van der Waals surface area (Å²) in [5.41, 5.74) is 1.14. The second-order valence-corrected chi connectivity index (χ2v) is 7.08. The maximum atomic E-state index is 12.7. The molecule has 0 aliphatic carbocycles. The van der Waals surface area contributed by atoms with Gasteiger partial charge in [0.25, 0.3) is 5.91 Å². The highest BCUT2D eigenvalue weighted by molar-refractivity contribution is 5.78. The maximum Gasteiger partial charge on any atom is 0.260 e. The van der Waals surface area contributed by atoms with Gasteiger partial charge in [0.2, 0.25) is 0 Å². The fraction of sp³-hybridized carbons (Fsp3) is 0.650. The number of piperidine rings is 1. The monoisotopic (exact) mass is 346 g/mol. The number of carbonyl (C=O) groups is 1. The fourth-order valence-electron chi connectivity index (χ4n) is 3.72. The van der Waals surface area contributed by atoms with Crippen molar-refractivity contribution in [3.05, 3.63) is 29.8 Å². The number of carbonyl (C=O) groups excluding carboxylic acids is 1. The average Bonchev–Trinajstić information content (AvgIpc) is 2.65. The van der Waals surface area contributed by atoms with Crippen LogP contribution in [0.4, 0.5) is 0 Å². The van der Waals surface area contributed by atoms with E-state index in [2.05, 4.69) is 9.80 Å². The van der Waals surface area contributed by atoms with E-state index in [4.69, 9.17) is 9.47 Å². The van der Waals surface area contributed by atoms with Crippen molar-refractivity contribution in [2.24, 2.45) is 0 Å². The Kier molecular flexibility index (Phi) is 6.70. The van der Waals surface area contributed by atoms with Gasteiger partial charge in [0, 0.05) is 32.2 Å². The molecular weight excluding hydrogens is 316 g/mol. The molecule has 1 amide bonds. The summed E-state index contributed by atoms with van der Waals surface area (Å²) >= 11 is 0. The van der Waals surface area contributed by atoms with Gasteiger partial charge in [-0.1, -0.05) is 12.1 Å². The summed E-state index contributed by atoms with van der Waals surface area (Å²) in [5, 5.41) is 0. The van der Waals surface area contributed by atoms with Gasteiger partial charge in [-0.15, -0.1) is 0 Å². The molecule has 0 bridgehead atoms.